The minimum absolute atomic E-state index is 0.363. The number of rotatable bonds is 5. The SMILES string of the molecule is CCc1nc2cc(C(=O)C(F)(F)F)ccc2n1-c1ccc(CCCl)cc1. The Kier molecular flexibility index (Phi) is 5.05. The lowest BCUT2D eigenvalue weighted by Crippen LogP contribution is -2.22. The fourth-order valence-electron chi connectivity index (χ4n) is 2.88. The Morgan fingerprint density at radius 2 is 1.85 bits per heavy atom. The van der Waals surface area contributed by atoms with E-state index in [1.807, 2.05) is 35.8 Å². The molecule has 0 amide bonds. The molecular formula is C19H16ClF3N2O. The first-order chi connectivity index (χ1) is 12.3. The molecule has 0 aliphatic heterocycles. The van der Waals surface area contributed by atoms with Crippen molar-refractivity contribution in [3.8, 4) is 5.69 Å². The lowest BCUT2D eigenvalue weighted by molar-refractivity contribution is -0.0885. The Hall–Kier alpha value is -2.34. The van der Waals surface area contributed by atoms with Crippen molar-refractivity contribution in [1.29, 1.82) is 0 Å². The maximum Gasteiger partial charge on any atom is 0.454 e. The first-order valence-electron chi connectivity index (χ1n) is 8.13. The van der Waals surface area contributed by atoms with Crippen LogP contribution in [-0.4, -0.2) is 27.4 Å². The molecule has 0 radical (unpaired) electrons. The molecule has 7 heteroatoms. The molecule has 26 heavy (non-hydrogen) atoms. The van der Waals surface area contributed by atoms with Gasteiger partial charge < -0.3 is 0 Å². The number of aromatic nitrogens is 2. The second-order valence-corrected chi connectivity index (χ2v) is 6.23. The number of benzene rings is 2. The molecular weight excluding hydrogens is 365 g/mol. The van der Waals surface area contributed by atoms with Crippen LogP contribution < -0.4 is 0 Å². The summed E-state index contributed by atoms with van der Waals surface area (Å²) in [7, 11) is 0. The highest BCUT2D eigenvalue weighted by molar-refractivity contribution is 6.18. The number of carbonyl (C=O) groups is 1. The number of halogens is 4. The summed E-state index contributed by atoms with van der Waals surface area (Å²) in [5, 5.41) is 0. The third-order valence-electron chi connectivity index (χ3n) is 4.14. The van der Waals surface area contributed by atoms with Crippen molar-refractivity contribution >= 4 is 28.4 Å². The normalized spacial score (nSPS) is 11.9. The summed E-state index contributed by atoms with van der Waals surface area (Å²) in [5.41, 5.74) is 2.57. The molecule has 0 saturated heterocycles. The van der Waals surface area contributed by atoms with Gasteiger partial charge in [0.25, 0.3) is 5.78 Å². The highest BCUT2D eigenvalue weighted by atomic mass is 35.5. The van der Waals surface area contributed by atoms with Gasteiger partial charge in [-0.1, -0.05) is 19.1 Å². The highest BCUT2D eigenvalue weighted by Gasteiger charge is 2.39. The van der Waals surface area contributed by atoms with Crippen molar-refractivity contribution in [2.75, 3.05) is 5.88 Å². The minimum atomic E-state index is -4.90. The van der Waals surface area contributed by atoms with Crippen molar-refractivity contribution in [2.24, 2.45) is 0 Å². The summed E-state index contributed by atoms with van der Waals surface area (Å²) >= 11 is 5.75. The molecule has 3 nitrogen and oxygen atoms in total. The Bertz CT molecular complexity index is 946. The molecule has 3 rings (SSSR count). The van der Waals surface area contributed by atoms with E-state index in [4.69, 9.17) is 11.6 Å². The van der Waals surface area contributed by atoms with Gasteiger partial charge in [0.15, 0.2) is 0 Å². The number of ketones is 1. The molecule has 2 aromatic carbocycles. The topological polar surface area (TPSA) is 34.9 Å². The summed E-state index contributed by atoms with van der Waals surface area (Å²) in [4.78, 5) is 15.9. The lowest BCUT2D eigenvalue weighted by Gasteiger charge is -2.10. The maximum absolute atomic E-state index is 12.7. The smallest absolute Gasteiger partial charge is 0.296 e. The number of nitrogens with zero attached hydrogens (tertiary/aromatic N) is 2. The van der Waals surface area contributed by atoms with Crippen LogP contribution in [-0.2, 0) is 12.8 Å². The Morgan fingerprint density at radius 3 is 2.42 bits per heavy atom. The van der Waals surface area contributed by atoms with Gasteiger partial charge >= 0.3 is 6.18 Å². The van der Waals surface area contributed by atoms with Crippen LogP contribution in [0.4, 0.5) is 13.2 Å². The molecule has 0 N–H and O–H groups in total. The van der Waals surface area contributed by atoms with E-state index in [1.165, 1.54) is 18.2 Å². The van der Waals surface area contributed by atoms with Crippen LogP contribution >= 0.6 is 11.6 Å². The molecule has 0 fully saturated rings. The average molecular weight is 381 g/mol. The van der Waals surface area contributed by atoms with Crippen LogP contribution in [0, 0.1) is 0 Å². The van der Waals surface area contributed by atoms with E-state index in [0.29, 0.717) is 29.2 Å². The van der Waals surface area contributed by atoms with Crippen molar-refractivity contribution in [3.63, 3.8) is 0 Å². The number of aryl methyl sites for hydroxylation is 2. The largest absolute Gasteiger partial charge is 0.454 e. The molecule has 0 aliphatic rings. The molecule has 136 valence electrons. The third-order valence-corrected chi connectivity index (χ3v) is 4.33. The summed E-state index contributed by atoms with van der Waals surface area (Å²) in [6, 6.07) is 11.7. The highest BCUT2D eigenvalue weighted by Crippen LogP contribution is 2.27. The van der Waals surface area contributed by atoms with E-state index in [9.17, 15) is 18.0 Å². The number of hydrogen-bond donors (Lipinski definition) is 0. The second kappa shape index (κ2) is 7.11. The average Bonchev–Trinajstić information content (AvgIpc) is 2.99. The Labute approximate surface area is 153 Å². The zero-order valence-corrected chi connectivity index (χ0v) is 14.7. The van der Waals surface area contributed by atoms with Crippen LogP contribution in [0.25, 0.3) is 16.7 Å². The van der Waals surface area contributed by atoms with Gasteiger partial charge in [-0.05, 0) is 42.3 Å². The second-order valence-electron chi connectivity index (χ2n) is 5.85. The number of imidazole rings is 1. The fraction of sp³-hybridized carbons (Fsp3) is 0.263. The zero-order chi connectivity index (χ0) is 18.9. The van der Waals surface area contributed by atoms with E-state index in [2.05, 4.69) is 4.98 Å². The summed E-state index contributed by atoms with van der Waals surface area (Å²) in [5.74, 6) is -0.622. The quantitative estimate of drug-likeness (QED) is 0.455. The van der Waals surface area contributed by atoms with E-state index in [-0.39, 0.29) is 0 Å². The zero-order valence-electron chi connectivity index (χ0n) is 14.0. The third kappa shape index (κ3) is 3.46. The van der Waals surface area contributed by atoms with E-state index in [0.717, 1.165) is 17.7 Å². The molecule has 3 aromatic rings. The monoisotopic (exact) mass is 380 g/mol. The molecule has 1 aromatic heterocycles. The van der Waals surface area contributed by atoms with Crippen molar-refractivity contribution in [3.05, 3.63) is 59.4 Å². The summed E-state index contributed by atoms with van der Waals surface area (Å²) < 4.78 is 39.9. The van der Waals surface area contributed by atoms with Crippen LogP contribution in [0.1, 0.15) is 28.7 Å². The van der Waals surface area contributed by atoms with Gasteiger partial charge in [-0.3, -0.25) is 9.36 Å². The van der Waals surface area contributed by atoms with Crippen LogP contribution in [0.3, 0.4) is 0 Å². The predicted octanol–water partition coefficient (Wildman–Crippen LogP) is 5.11. The lowest BCUT2D eigenvalue weighted by atomic mass is 10.1. The summed E-state index contributed by atoms with van der Waals surface area (Å²) in [6.07, 6.45) is -3.54. The molecule has 0 aliphatic carbocycles. The van der Waals surface area contributed by atoms with Gasteiger partial charge in [0.2, 0.25) is 0 Å². The van der Waals surface area contributed by atoms with E-state index < -0.39 is 17.5 Å². The molecule has 0 spiro atoms. The Morgan fingerprint density at radius 1 is 1.15 bits per heavy atom. The maximum atomic E-state index is 12.7. The Balaban J connectivity index is 2.09. The van der Waals surface area contributed by atoms with Gasteiger partial charge in [-0.15, -0.1) is 11.6 Å². The number of fused-ring (bicyclic) bond motifs is 1. The number of hydrogen-bond acceptors (Lipinski definition) is 2. The van der Waals surface area contributed by atoms with Crippen LogP contribution in [0.5, 0.6) is 0 Å². The fourth-order valence-corrected chi connectivity index (χ4v) is 3.10. The van der Waals surface area contributed by atoms with Crippen molar-refractivity contribution in [2.45, 2.75) is 25.9 Å². The van der Waals surface area contributed by atoms with Crippen LogP contribution in [0.15, 0.2) is 42.5 Å². The molecule has 0 bridgehead atoms. The first-order valence-corrected chi connectivity index (χ1v) is 8.66. The van der Waals surface area contributed by atoms with Gasteiger partial charge in [-0.2, -0.15) is 13.2 Å². The minimum Gasteiger partial charge on any atom is -0.296 e. The number of alkyl halides is 4. The molecule has 0 unspecified atom stereocenters. The number of Topliss-reactive ketones (excluding diaryl/α,β-unsaturated/α-hetero) is 1. The summed E-state index contributed by atoms with van der Waals surface area (Å²) in [6.45, 7) is 1.92. The van der Waals surface area contributed by atoms with E-state index >= 15 is 0 Å². The van der Waals surface area contributed by atoms with Gasteiger partial charge in [0.05, 0.1) is 11.0 Å². The number of carbonyl (C=O) groups excluding carboxylic acids is 1. The van der Waals surface area contributed by atoms with E-state index in [1.54, 1.807) is 0 Å². The standard InChI is InChI=1S/C19H16ClF3N2O/c1-2-17-24-15-11-13(18(26)19(21,22)23)5-8-16(15)25(17)14-6-3-12(4-7-14)9-10-20/h3-8,11H,2,9-10H2,1H3. The van der Waals surface area contributed by atoms with Gasteiger partial charge in [0.1, 0.15) is 5.82 Å². The van der Waals surface area contributed by atoms with Crippen LogP contribution in [0.2, 0.25) is 0 Å². The van der Waals surface area contributed by atoms with Crippen molar-refractivity contribution in [1.82, 2.24) is 9.55 Å². The van der Waals surface area contributed by atoms with Gasteiger partial charge in [0, 0.05) is 23.6 Å². The predicted molar refractivity (Wildman–Crippen MR) is 95.3 cm³/mol. The molecule has 0 atom stereocenters. The molecule has 0 saturated carbocycles. The van der Waals surface area contributed by atoms with Gasteiger partial charge in [-0.25, -0.2) is 4.98 Å². The van der Waals surface area contributed by atoms with Crippen molar-refractivity contribution < 1.29 is 18.0 Å². The molecule has 1 heterocycles. The first kappa shape index (κ1) is 18.5.